The first-order valence-corrected chi connectivity index (χ1v) is 6.85. The number of nitrogens with one attached hydrogen (secondary N) is 1. The molecule has 1 aliphatic carbocycles. The molecule has 94 valence electrons. The van der Waals surface area contributed by atoms with E-state index < -0.39 is 0 Å². The smallest absolute Gasteiger partial charge is 0.0134 e. The molecule has 0 radical (unpaired) electrons. The summed E-state index contributed by atoms with van der Waals surface area (Å²) < 4.78 is 0. The molecule has 0 aromatic rings. The Balaban J connectivity index is 2.66. The van der Waals surface area contributed by atoms with Crippen LogP contribution in [0.2, 0.25) is 0 Å². The van der Waals surface area contributed by atoms with Crippen LogP contribution in [0.5, 0.6) is 0 Å². The molecule has 0 bridgehead atoms. The van der Waals surface area contributed by atoms with Crippen LogP contribution in [0.3, 0.4) is 0 Å². The Morgan fingerprint density at radius 2 is 2.12 bits per heavy atom. The van der Waals surface area contributed by atoms with E-state index in [-0.39, 0.29) is 0 Å². The van der Waals surface area contributed by atoms with Gasteiger partial charge < -0.3 is 5.32 Å². The van der Waals surface area contributed by atoms with E-state index in [0.29, 0.717) is 11.5 Å². The van der Waals surface area contributed by atoms with Crippen molar-refractivity contribution in [2.45, 2.75) is 65.3 Å². The highest BCUT2D eigenvalue weighted by molar-refractivity contribution is 5.00. The van der Waals surface area contributed by atoms with Gasteiger partial charge in [0.15, 0.2) is 0 Å². The summed E-state index contributed by atoms with van der Waals surface area (Å²) in [5.74, 6) is 0.814. The van der Waals surface area contributed by atoms with Crippen LogP contribution in [0, 0.1) is 11.3 Å². The molecule has 1 nitrogen and oxygen atoms in total. The van der Waals surface area contributed by atoms with E-state index in [4.69, 9.17) is 0 Å². The van der Waals surface area contributed by atoms with Crippen LogP contribution in [-0.2, 0) is 0 Å². The fraction of sp³-hybridized carbons (Fsp3) is 0.867. The molecule has 0 heterocycles. The van der Waals surface area contributed by atoms with Gasteiger partial charge in [-0.2, -0.15) is 0 Å². The first-order valence-electron chi connectivity index (χ1n) is 6.85. The van der Waals surface area contributed by atoms with Crippen molar-refractivity contribution >= 4 is 0 Å². The van der Waals surface area contributed by atoms with E-state index >= 15 is 0 Å². The molecule has 0 saturated heterocycles. The number of hydrogen-bond acceptors (Lipinski definition) is 1. The van der Waals surface area contributed by atoms with Crippen molar-refractivity contribution in [2.75, 3.05) is 7.05 Å². The highest BCUT2D eigenvalue weighted by Crippen LogP contribution is 2.43. The minimum Gasteiger partial charge on any atom is -0.316 e. The van der Waals surface area contributed by atoms with Crippen LogP contribution in [-0.4, -0.2) is 13.1 Å². The van der Waals surface area contributed by atoms with Crippen molar-refractivity contribution in [2.24, 2.45) is 11.3 Å². The van der Waals surface area contributed by atoms with Gasteiger partial charge in [-0.05, 0) is 44.1 Å². The lowest BCUT2D eigenvalue weighted by Crippen LogP contribution is -2.43. The summed E-state index contributed by atoms with van der Waals surface area (Å²) in [6, 6.07) is 0.628. The predicted octanol–water partition coefficient (Wildman–Crippen LogP) is 4.15. The van der Waals surface area contributed by atoms with E-state index in [2.05, 4.69) is 39.7 Å². The van der Waals surface area contributed by atoms with Crippen molar-refractivity contribution in [3.63, 3.8) is 0 Å². The second-order valence-corrected chi connectivity index (χ2v) is 6.04. The topological polar surface area (TPSA) is 12.0 Å². The number of rotatable bonds is 5. The molecule has 0 aromatic carbocycles. The minimum atomic E-state index is 0.500. The van der Waals surface area contributed by atoms with Gasteiger partial charge in [0.05, 0.1) is 0 Å². The average molecular weight is 223 g/mol. The second-order valence-electron chi connectivity index (χ2n) is 6.04. The average Bonchev–Trinajstić information content (AvgIpc) is 2.25. The SMILES string of the molecule is C=C(CC)CC(NC)C1CCCCC1(C)C. The third kappa shape index (κ3) is 3.35. The first kappa shape index (κ1) is 13.8. The molecular weight excluding hydrogens is 194 g/mol. The molecule has 16 heavy (non-hydrogen) atoms. The molecular formula is C15H29N. The second kappa shape index (κ2) is 5.86. The van der Waals surface area contributed by atoms with E-state index in [1.165, 1.54) is 31.3 Å². The first-order chi connectivity index (χ1) is 7.51. The summed E-state index contributed by atoms with van der Waals surface area (Å²) in [5.41, 5.74) is 1.89. The maximum absolute atomic E-state index is 4.16. The summed E-state index contributed by atoms with van der Waals surface area (Å²) >= 11 is 0. The van der Waals surface area contributed by atoms with Gasteiger partial charge >= 0.3 is 0 Å². The maximum atomic E-state index is 4.16. The molecule has 2 unspecified atom stereocenters. The number of hydrogen-bond donors (Lipinski definition) is 1. The quantitative estimate of drug-likeness (QED) is 0.691. The zero-order valence-corrected chi connectivity index (χ0v) is 11.6. The van der Waals surface area contributed by atoms with Gasteiger partial charge in [0.25, 0.3) is 0 Å². The van der Waals surface area contributed by atoms with Gasteiger partial charge in [-0.1, -0.05) is 45.8 Å². The standard InChI is InChI=1S/C15H29N/c1-6-12(2)11-14(16-5)13-9-7-8-10-15(13,3)4/h13-14,16H,2,6-11H2,1,3-5H3. The van der Waals surface area contributed by atoms with Crippen LogP contribution in [0.1, 0.15) is 59.3 Å². The molecule has 1 rings (SSSR count). The Hall–Kier alpha value is -0.300. The highest BCUT2D eigenvalue weighted by Gasteiger charge is 2.36. The largest absolute Gasteiger partial charge is 0.316 e. The molecule has 1 fully saturated rings. The van der Waals surface area contributed by atoms with Crippen molar-refractivity contribution in [1.82, 2.24) is 5.32 Å². The van der Waals surface area contributed by atoms with Crippen LogP contribution in [0.15, 0.2) is 12.2 Å². The minimum absolute atomic E-state index is 0.500. The van der Waals surface area contributed by atoms with Gasteiger partial charge in [0.2, 0.25) is 0 Å². The van der Waals surface area contributed by atoms with E-state index in [1.54, 1.807) is 0 Å². The van der Waals surface area contributed by atoms with Crippen molar-refractivity contribution in [3.05, 3.63) is 12.2 Å². The van der Waals surface area contributed by atoms with Crippen LogP contribution in [0.25, 0.3) is 0 Å². The van der Waals surface area contributed by atoms with Crippen LogP contribution in [0.4, 0.5) is 0 Å². The van der Waals surface area contributed by atoms with Gasteiger partial charge in [-0.15, -0.1) is 0 Å². The van der Waals surface area contributed by atoms with Gasteiger partial charge in [-0.3, -0.25) is 0 Å². The van der Waals surface area contributed by atoms with E-state index in [1.807, 2.05) is 0 Å². The Morgan fingerprint density at radius 3 is 2.62 bits per heavy atom. The summed E-state index contributed by atoms with van der Waals surface area (Å²) in [4.78, 5) is 0. The van der Waals surface area contributed by atoms with Gasteiger partial charge in [0.1, 0.15) is 0 Å². The fourth-order valence-electron chi connectivity index (χ4n) is 3.17. The lowest BCUT2D eigenvalue weighted by molar-refractivity contribution is 0.101. The summed E-state index contributed by atoms with van der Waals surface area (Å²) in [6.07, 6.45) is 7.86. The van der Waals surface area contributed by atoms with Crippen molar-refractivity contribution in [3.8, 4) is 0 Å². The Kier molecular flexibility index (Phi) is 5.04. The molecule has 0 aliphatic heterocycles. The lowest BCUT2D eigenvalue weighted by atomic mass is 9.65. The molecule has 1 heteroatoms. The predicted molar refractivity (Wildman–Crippen MR) is 72.6 cm³/mol. The zero-order valence-electron chi connectivity index (χ0n) is 11.6. The Morgan fingerprint density at radius 1 is 1.44 bits per heavy atom. The highest BCUT2D eigenvalue weighted by atomic mass is 14.9. The molecule has 1 saturated carbocycles. The third-order valence-electron chi connectivity index (χ3n) is 4.46. The van der Waals surface area contributed by atoms with Crippen LogP contribution >= 0.6 is 0 Å². The van der Waals surface area contributed by atoms with Crippen molar-refractivity contribution in [1.29, 1.82) is 0 Å². The Labute approximate surface area is 102 Å². The van der Waals surface area contributed by atoms with E-state index in [9.17, 15) is 0 Å². The monoisotopic (exact) mass is 223 g/mol. The summed E-state index contributed by atoms with van der Waals surface area (Å²) in [7, 11) is 2.11. The Bertz CT molecular complexity index is 230. The van der Waals surface area contributed by atoms with Crippen molar-refractivity contribution < 1.29 is 0 Å². The molecule has 0 aromatic heterocycles. The zero-order chi connectivity index (χ0) is 12.2. The molecule has 2 atom stereocenters. The fourth-order valence-corrected chi connectivity index (χ4v) is 3.17. The lowest BCUT2D eigenvalue weighted by Gasteiger charge is -2.43. The normalized spacial score (nSPS) is 26.4. The summed E-state index contributed by atoms with van der Waals surface area (Å²) in [5, 5.41) is 3.53. The summed E-state index contributed by atoms with van der Waals surface area (Å²) in [6.45, 7) is 11.3. The third-order valence-corrected chi connectivity index (χ3v) is 4.46. The van der Waals surface area contributed by atoms with E-state index in [0.717, 1.165) is 18.8 Å². The maximum Gasteiger partial charge on any atom is 0.0134 e. The van der Waals surface area contributed by atoms with Gasteiger partial charge in [0, 0.05) is 6.04 Å². The molecule has 1 aliphatic rings. The molecule has 1 N–H and O–H groups in total. The molecule has 0 spiro atoms. The molecule has 0 amide bonds. The van der Waals surface area contributed by atoms with Crippen LogP contribution < -0.4 is 5.32 Å². The van der Waals surface area contributed by atoms with Gasteiger partial charge in [-0.25, -0.2) is 0 Å².